The van der Waals surface area contributed by atoms with E-state index in [2.05, 4.69) is 37.3 Å². The Hall–Kier alpha value is -1.78. The lowest BCUT2D eigenvalue weighted by Gasteiger charge is -2.08. The minimum Gasteiger partial charge on any atom is -0.323 e. The maximum atomic E-state index is 12.2. The number of anilines is 2. The first-order chi connectivity index (χ1) is 10.2. The molecule has 0 spiro atoms. The first-order valence-corrected chi connectivity index (χ1v) is 8.27. The van der Waals surface area contributed by atoms with Crippen molar-refractivity contribution in [2.45, 2.75) is 24.1 Å². The summed E-state index contributed by atoms with van der Waals surface area (Å²) in [5.74, 6) is 0.508. The lowest BCUT2D eigenvalue weighted by Crippen LogP contribution is -2.14. The monoisotopic (exact) mass is 362 g/mol. The van der Waals surface area contributed by atoms with Crippen LogP contribution in [0.25, 0.3) is 0 Å². The van der Waals surface area contributed by atoms with Crippen LogP contribution < -0.4 is 5.32 Å². The van der Waals surface area contributed by atoms with E-state index in [0.29, 0.717) is 16.4 Å². The third-order valence-electron chi connectivity index (χ3n) is 3.25. The van der Waals surface area contributed by atoms with E-state index >= 15 is 0 Å². The highest BCUT2D eigenvalue weighted by Gasteiger charge is 2.24. The molecule has 0 aliphatic heterocycles. The zero-order valence-electron chi connectivity index (χ0n) is 11.0. The molecule has 1 aliphatic rings. The summed E-state index contributed by atoms with van der Waals surface area (Å²) in [6.45, 7) is 0. The Kier molecular flexibility index (Phi) is 3.99. The Bertz CT molecular complexity index is 737. The summed E-state index contributed by atoms with van der Waals surface area (Å²) in [6.07, 6.45) is 4.09. The number of carbonyl (C=O) groups excluding carboxylic acids is 1. The maximum absolute atomic E-state index is 12.2. The van der Waals surface area contributed by atoms with Gasteiger partial charge in [-0.15, -0.1) is 11.3 Å². The number of rotatable bonds is 2. The average Bonchev–Trinajstić information content (AvgIpc) is 2.89. The Morgan fingerprint density at radius 2 is 2.38 bits per heavy atom. The Morgan fingerprint density at radius 1 is 1.52 bits per heavy atom. The van der Waals surface area contributed by atoms with Crippen LogP contribution in [0.1, 0.15) is 33.8 Å². The summed E-state index contributed by atoms with van der Waals surface area (Å²) < 4.78 is 0. The summed E-state index contributed by atoms with van der Waals surface area (Å²) in [4.78, 5) is 21.3. The number of Topliss-reactive ketones (excluding diaryl/α,β-unsaturated/α-hetero) is 1. The van der Waals surface area contributed by atoms with Crippen LogP contribution in [0.5, 0.6) is 0 Å². The van der Waals surface area contributed by atoms with Gasteiger partial charge in [0, 0.05) is 11.6 Å². The molecule has 0 saturated carbocycles. The zero-order valence-corrected chi connectivity index (χ0v) is 13.4. The van der Waals surface area contributed by atoms with Crippen molar-refractivity contribution in [3.05, 3.63) is 33.8 Å². The van der Waals surface area contributed by atoms with Crippen molar-refractivity contribution in [3.8, 4) is 6.07 Å². The second-order valence-electron chi connectivity index (χ2n) is 4.71. The van der Waals surface area contributed by atoms with Crippen LogP contribution in [0.2, 0.25) is 0 Å². The molecule has 2 aromatic heterocycles. The number of halogens is 1. The van der Waals surface area contributed by atoms with Crippen LogP contribution >= 0.6 is 27.3 Å². The highest BCUT2D eigenvalue weighted by molar-refractivity contribution is 9.10. The number of aromatic nitrogens is 2. The van der Waals surface area contributed by atoms with Crippen molar-refractivity contribution in [2.24, 2.45) is 0 Å². The van der Waals surface area contributed by atoms with E-state index in [-0.39, 0.29) is 10.6 Å². The smallest absolute Gasteiger partial charge is 0.227 e. The van der Waals surface area contributed by atoms with Gasteiger partial charge in [0.1, 0.15) is 10.9 Å². The lowest BCUT2D eigenvalue weighted by atomic mass is 10.1. The topological polar surface area (TPSA) is 78.7 Å². The SMILES string of the molecule is N#Cc1cc(Nc2ncc3c(n2)CCCC(Br)C3=O)cs1. The third-order valence-corrected chi connectivity index (χ3v) is 4.96. The Morgan fingerprint density at radius 3 is 3.14 bits per heavy atom. The van der Waals surface area contributed by atoms with E-state index in [1.165, 1.54) is 11.3 Å². The van der Waals surface area contributed by atoms with Gasteiger partial charge in [-0.1, -0.05) is 15.9 Å². The van der Waals surface area contributed by atoms with Crippen molar-refractivity contribution in [1.29, 1.82) is 5.26 Å². The fourth-order valence-corrected chi connectivity index (χ4v) is 3.41. The van der Waals surface area contributed by atoms with Crippen LogP contribution in [0.3, 0.4) is 0 Å². The molecule has 1 aliphatic carbocycles. The number of hydrogen-bond acceptors (Lipinski definition) is 6. The predicted octanol–water partition coefficient (Wildman–Crippen LogP) is 3.44. The van der Waals surface area contributed by atoms with Crippen molar-refractivity contribution >= 4 is 44.7 Å². The molecule has 1 atom stereocenters. The molecule has 1 unspecified atom stereocenters. The van der Waals surface area contributed by atoms with Gasteiger partial charge in [0.2, 0.25) is 5.95 Å². The van der Waals surface area contributed by atoms with Crippen LogP contribution in [0.15, 0.2) is 17.6 Å². The van der Waals surface area contributed by atoms with Crippen molar-refractivity contribution in [3.63, 3.8) is 0 Å². The van der Waals surface area contributed by atoms with Crippen LogP contribution in [-0.2, 0) is 6.42 Å². The van der Waals surface area contributed by atoms with Crippen molar-refractivity contribution < 1.29 is 4.79 Å². The van der Waals surface area contributed by atoms with Gasteiger partial charge in [-0.05, 0) is 25.3 Å². The van der Waals surface area contributed by atoms with Crippen LogP contribution in [0, 0.1) is 11.3 Å². The number of aryl methyl sites for hydroxylation is 1. The van der Waals surface area contributed by atoms with Gasteiger partial charge in [-0.2, -0.15) is 5.26 Å². The predicted molar refractivity (Wildman–Crippen MR) is 84.3 cm³/mol. The number of carbonyl (C=O) groups is 1. The van der Waals surface area contributed by atoms with E-state index in [1.54, 1.807) is 12.3 Å². The molecule has 0 radical (unpaired) electrons. The quantitative estimate of drug-likeness (QED) is 0.653. The zero-order chi connectivity index (χ0) is 14.8. The van der Waals surface area contributed by atoms with E-state index in [4.69, 9.17) is 5.26 Å². The second kappa shape index (κ2) is 5.92. The van der Waals surface area contributed by atoms with Gasteiger partial charge < -0.3 is 5.32 Å². The summed E-state index contributed by atoms with van der Waals surface area (Å²) in [6, 6.07) is 3.84. The summed E-state index contributed by atoms with van der Waals surface area (Å²) >= 11 is 4.77. The third kappa shape index (κ3) is 2.96. The van der Waals surface area contributed by atoms with E-state index < -0.39 is 0 Å². The largest absolute Gasteiger partial charge is 0.323 e. The summed E-state index contributed by atoms with van der Waals surface area (Å²) in [7, 11) is 0. The molecule has 2 heterocycles. The molecule has 2 aromatic rings. The maximum Gasteiger partial charge on any atom is 0.227 e. The van der Waals surface area contributed by atoms with Gasteiger partial charge in [-0.3, -0.25) is 4.79 Å². The van der Waals surface area contributed by atoms with Gasteiger partial charge in [0.25, 0.3) is 0 Å². The number of ketones is 1. The van der Waals surface area contributed by atoms with Gasteiger partial charge in [0.15, 0.2) is 5.78 Å². The van der Waals surface area contributed by atoms with Gasteiger partial charge in [-0.25, -0.2) is 9.97 Å². The second-order valence-corrected chi connectivity index (χ2v) is 6.73. The number of nitrogens with zero attached hydrogens (tertiary/aromatic N) is 3. The lowest BCUT2D eigenvalue weighted by molar-refractivity contribution is 0.0990. The molecule has 0 bridgehead atoms. The fourth-order valence-electron chi connectivity index (χ4n) is 2.21. The van der Waals surface area contributed by atoms with Crippen molar-refractivity contribution in [1.82, 2.24) is 9.97 Å². The molecule has 3 rings (SSSR count). The standard InChI is InChI=1S/C14H11BrN4OS/c15-11-2-1-3-12-10(13(11)20)6-17-14(19-12)18-8-4-9(5-16)21-7-8/h4,6-7,11H,1-3H2,(H,17,18,19). The summed E-state index contributed by atoms with van der Waals surface area (Å²) in [5.41, 5.74) is 2.17. The number of alkyl halides is 1. The Labute approximate surface area is 134 Å². The van der Waals surface area contributed by atoms with E-state index in [0.717, 1.165) is 30.6 Å². The van der Waals surface area contributed by atoms with E-state index in [9.17, 15) is 4.79 Å². The molecule has 0 saturated heterocycles. The number of nitriles is 1. The molecule has 1 N–H and O–H groups in total. The molecule has 0 amide bonds. The molecule has 0 fully saturated rings. The molecule has 0 aromatic carbocycles. The molecular weight excluding hydrogens is 352 g/mol. The first kappa shape index (κ1) is 14.2. The molecule has 21 heavy (non-hydrogen) atoms. The number of nitrogens with one attached hydrogen (secondary N) is 1. The number of fused-ring (bicyclic) bond motifs is 1. The van der Waals surface area contributed by atoms with Gasteiger partial charge in [0.05, 0.1) is 21.8 Å². The molecule has 7 heteroatoms. The molecule has 5 nitrogen and oxygen atoms in total. The number of hydrogen-bond donors (Lipinski definition) is 1. The van der Waals surface area contributed by atoms with Crippen LogP contribution in [0.4, 0.5) is 11.6 Å². The van der Waals surface area contributed by atoms with Gasteiger partial charge >= 0.3 is 0 Å². The molecular formula is C14H11BrN4OS. The first-order valence-electron chi connectivity index (χ1n) is 6.47. The minimum atomic E-state index is -0.142. The highest BCUT2D eigenvalue weighted by Crippen LogP contribution is 2.25. The van der Waals surface area contributed by atoms with Crippen molar-refractivity contribution in [2.75, 3.05) is 5.32 Å². The van der Waals surface area contributed by atoms with Crippen LogP contribution in [-0.4, -0.2) is 20.6 Å². The summed E-state index contributed by atoms with van der Waals surface area (Å²) in [5, 5.41) is 13.7. The number of thiophene rings is 1. The normalized spacial score (nSPS) is 17.7. The minimum absolute atomic E-state index is 0.0522. The highest BCUT2D eigenvalue weighted by atomic mass is 79.9. The van der Waals surface area contributed by atoms with E-state index in [1.807, 2.05) is 5.38 Å². The molecule has 106 valence electrons. The average molecular weight is 363 g/mol. The Balaban J connectivity index is 1.87. The fraction of sp³-hybridized carbons (Fsp3) is 0.286.